The van der Waals surface area contributed by atoms with Crippen molar-refractivity contribution in [3.8, 4) is 0 Å². The third kappa shape index (κ3) is 3.27. The van der Waals surface area contributed by atoms with E-state index in [9.17, 15) is 4.79 Å². The summed E-state index contributed by atoms with van der Waals surface area (Å²) in [7, 11) is 1.78. The van der Waals surface area contributed by atoms with Crippen molar-refractivity contribution in [2.75, 3.05) is 18.9 Å². The van der Waals surface area contributed by atoms with Crippen LogP contribution in [0.5, 0.6) is 0 Å². The highest BCUT2D eigenvalue weighted by Crippen LogP contribution is 2.13. The first kappa shape index (κ1) is 12.5. The lowest BCUT2D eigenvalue weighted by Crippen LogP contribution is -2.26. The molecule has 0 saturated carbocycles. The van der Waals surface area contributed by atoms with Gasteiger partial charge in [0.25, 0.3) is 5.91 Å². The fourth-order valence-electron chi connectivity index (χ4n) is 1.43. The number of amides is 1. The van der Waals surface area contributed by atoms with E-state index in [2.05, 4.69) is 20.6 Å². The van der Waals surface area contributed by atoms with Gasteiger partial charge in [0.2, 0.25) is 0 Å². The third-order valence-corrected chi connectivity index (χ3v) is 3.20. The molecule has 0 aliphatic rings. The molecule has 2 aromatic rings. The van der Waals surface area contributed by atoms with Crippen molar-refractivity contribution in [3.63, 3.8) is 0 Å². The standard InChI is InChI=1S/C12H14N4OS/c1-13-12-16-10(8-18-12)11(17)15-7-5-9-4-2-3-6-14-9/h2-4,6,8H,5,7H2,1H3,(H,13,16)(H,15,17). The summed E-state index contributed by atoms with van der Waals surface area (Å²) in [5, 5.41) is 8.20. The Kier molecular flexibility index (Phi) is 4.25. The highest BCUT2D eigenvalue weighted by atomic mass is 32.1. The van der Waals surface area contributed by atoms with Gasteiger partial charge in [-0.1, -0.05) is 6.07 Å². The lowest BCUT2D eigenvalue weighted by Gasteiger charge is -2.02. The van der Waals surface area contributed by atoms with Gasteiger partial charge in [0.1, 0.15) is 5.69 Å². The summed E-state index contributed by atoms with van der Waals surface area (Å²) in [6, 6.07) is 5.74. The molecule has 0 aromatic carbocycles. The average molecular weight is 262 g/mol. The summed E-state index contributed by atoms with van der Waals surface area (Å²) in [4.78, 5) is 20.1. The summed E-state index contributed by atoms with van der Waals surface area (Å²) < 4.78 is 0. The summed E-state index contributed by atoms with van der Waals surface area (Å²) in [5.41, 5.74) is 1.41. The van der Waals surface area contributed by atoms with Gasteiger partial charge in [-0.25, -0.2) is 4.98 Å². The molecule has 18 heavy (non-hydrogen) atoms. The molecule has 1 amide bonds. The molecule has 2 N–H and O–H groups in total. The van der Waals surface area contributed by atoms with Gasteiger partial charge in [-0.05, 0) is 12.1 Å². The lowest BCUT2D eigenvalue weighted by atomic mass is 10.2. The Balaban J connectivity index is 1.81. The summed E-state index contributed by atoms with van der Waals surface area (Å²) in [6.07, 6.45) is 2.46. The zero-order valence-corrected chi connectivity index (χ0v) is 10.8. The van der Waals surface area contributed by atoms with Gasteiger partial charge >= 0.3 is 0 Å². The molecule has 0 unspecified atom stereocenters. The van der Waals surface area contributed by atoms with E-state index in [-0.39, 0.29) is 5.91 Å². The number of carbonyl (C=O) groups excluding carboxylic acids is 1. The summed E-state index contributed by atoms with van der Waals surface area (Å²) >= 11 is 1.41. The second-order valence-electron chi connectivity index (χ2n) is 3.61. The number of nitrogens with zero attached hydrogens (tertiary/aromatic N) is 2. The van der Waals surface area contributed by atoms with E-state index in [1.807, 2.05) is 18.2 Å². The van der Waals surface area contributed by atoms with E-state index >= 15 is 0 Å². The number of carbonyl (C=O) groups is 1. The Morgan fingerprint density at radius 2 is 2.33 bits per heavy atom. The maximum atomic E-state index is 11.7. The van der Waals surface area contributed by atoms with Gasteiger partial charge in [-0.3, -0.25) is 9.78 Å². The Labute approximate surface area is 109 Å². The Hall–Kier alpha value is -1.95. The van der Waals surface area contributed by atoms with Crippen molar-refractivity contribution < 1.29 is 4.79 Å². The molecular formula is C12H14N4OS. The molecule has 6 heteroatoms. The van der Waals surface area contributed by atoms with Crippen molar-refractivity contribution in [1.29, 1.82) is 0 Å². The van der Waals surface area contributed by atoms with E-state index in [1.165, 1.54) is 11.3 Å². The van der Waals surface area contributed by atoms with Crippen molar-refractivity contribution in [1.82, 2.24) is 15.3 Å². The molecule has 2 rings (SSSR count). The van der Waals surface area contributed by atoms with E-state index in [0.29, 0.717) is 12.2 Å². The van der Waals surface area contributed by atoms with Crippen LogP contribution in [0.1, 0.15) is 16.2 Å². The first-order valence-electron chi connectivity index (χ1n) is 5.61. The smallest absolute Gasteiger partial charge is 0.270 e. The van der Waals surface area contributed by atoms with Crippen LogP contribution in [0.15, 0.2) is 29.8 Å². The van der Waals surface area contributed by atoms with E-state index in [4.69, 9.17) is 0 Å². The maximum Gasteiger partial charge on any atom is 0.270 e. The van der Waals surface area contributed by atoms with Crippen LogP contribution in [0.2, 0.25) is 0 Å². The van der Waals surface area contributed by atoms with Crippen LogP contribution in [-0.2, 0) is 6.42 Å². The van der Waals surface area contributed by atoms with Gasteiger partial charge in [-0.2, -0.15) is 0 Å². The number of hydrogen-bond donors (Lipinski definition) is 2. The predicted octanol–water partition coefficient (Wildman–Crippen LogP) is 1.55. The van der Waals surface area contributed by atoms with Gasteiger partial charge in [0.15, 0.2) is 5.13 Å². The molecule has 0 bridgehead atoms. The zero-order chi connectivity index (χ0) is 12.8. The van der Waals surface area contributed by atoms with Crippen LogP contribution in [0, 0.1) is 0 Å². The maximum absolute atomic E-state index is 11.7. The minimum absolute atomic E-state index is 0.149. The Bertz CT molecular complexity index is 512. The first-order valence-corrected chi connectivity index (χ1v) is 6.49. The molecular weight excluding hydrogens is 248 g/mol. The highest BCUT2D eigenvalue weighted by molar-refractivity contribution is 7.13. The SMILES string of the molecule is CNc1nc(C(=O)NCCc2ccccn2)cs1. The normalized spacial score (nSPS) is 10.1. The number of hydrogen-bond acceptors (Lipinski definition) is 5. The largest absolute Gasteiger partial charge is 0.365 e. The third-order valence-electron chi connectivity index (χ3n) is 2.34. The van der Waals surface area contributed by atoms with E-state index in [0.717, 1.165) is 17.2 Å². The Morgan fingerprint density at radius 1 is 1.44 bits per heavy atom. The van der Waals surface area contributed by atoms with Crippen molar-refractivity contribution in [3.05, 3.63) is 41.2 Å². The molecule has 2 heterocycles. The van der Waals surface area contributed by atoms with E-state index in [1.54, 1.807) is 18.6 Å². The number of nitrogens with one attached hydrogen (secondary N) is 2. The number of anilines is 1. The topological polar surface area (TPSA) is 66.9 Å². The van der Waals surface area contributed by atoms with Crippen molar-refractivity contribution in [2.24, 2.45) is 0 Å². The number of pyridine rings is 1. The minimum atomic E-state index is -0.149. The van der Waals surface area contributed by atoms with Gasteiger partial charge in [0, 0.05) is 37.3 Å². The van der Waals surface area contributed by atoms with Crippen LogP contribution in [-0.4, -0.2) is 29.5 Å². The Morgan fingerprint density at radius 3 is 3.00 bits per heavy atom. The molecule has 0 saturated heterocycles. The molecule has 94 valence electrons. The summed E-state index contributed by atoms with van der Waals surface area (Å²) in [6.45, 7) is 0.558. The van der Waals surface area contributed by atoms with Crippen LogP contribution in [0.3, 0.4) is 0 Å². The number of rotatable bonds is 5. The number of thiazole rings is 1. The van der Waals surface area contributed by atoms with Crippen LogP contribution < -0.4 is 10.6 Å². The fourth-order valence-corrected chi connectivity index (χ4v) is 2.09. The second-order valence-corrected chi connectivity index (χ2v) is 4.47. The van der Waals surface area contributed by atoms with Crippen LogP contribution >= 0.6 is 11.3 Å². The zero-order valence-electron chi connectivity index (χ0n) is 10.0. The fraction of sp³-hybridized carbons (Fsp3) is 0.250. The molecule has 0 aliphatic carbocycles. The monoisotopic (exact) mass is 262 g/mol. The highest BCUT2D eigenvalue weighted by Gasteiger charge is 2.09. The molecule has 0 atom stereocenters. The molecule has 0 radical (unpaired) electrons. The molecule has 0 spiro atoms. The molecule has 5 nitrogen and oxygen atoms in total. The quantitative estimate of drug-likeness (QED) is 0.858. The lowest BCUT2D eigenvalue weighted by molar-refractivity contribution is 0.0950. The van der Waals surface area contributed by atoms with Gasteiger partial charge < -0.3 is 10.6 Å². The van der Waals surface area contributed by atoms with Crippen LogP contribution in [0.4, 0.5) is 5.13 Å². The predicted molar refractivity (Wildman–Crippen MR) is 71.9 cm³/mol. The number of aromatic nitrogens is 2. The summed E-state index contributed by atoms with van der Waals surface area (Å²) in [5.74, 6) is -0.149. The minimum Gasteiger partial charge on any atom is -0.365 e. The average Bonchev–Trinajstić information content (AvgIpc) is 2.89. The second kappa shape index (κ2) is 6.11. The van der Waals surface area contributed by atoms with Crippen LogP contribution in [0.25, 0.3) is 0 Å². The van der Waals surface area contributed by atoms with Gasteiger partial charge in [0.05, 0.1) is 0 Å². The van der Waals surface area contributed by atoms with E-state index < -0.39 is 0 Å². The molecule has 0 fully saturated rings. The van der Waals surface area contributed by atoms with Crippen molar-refractivity contribution >= 4 is 22.4 Å². The first-order chi connectivity index (χ1) is 8.79. The van der Waals surface area contributed by atoms with Crippen molar-refractivity contribution in [2.45, 2.75) is 6.42 Å². The molecule has 0 aliphatic heterocycles. The van der Waals surface area contributed by atoms with Gasteiger partial charge in [-0.15, -0.1) is 11.3 Å². The molecule has 2 aromatic heterocycles.